The quantitative estimate of drug-likeness (QED) is 0.528. The van der Waals surface area contributed by atoms with Gasteiger partial charge in [-0.3, -0.25) is 9.36 Å². The molecule has 2 aromatic heterocycles. The lowest BCUT2D eigenvalue weighted by molar-refractivity contribution is -0.115. The van der Waals surface area contributed by atoms with Crippen LogP contribution in [-0.4, -0.2) is 25.9 Å². The molecule has 3 aromatic rings. The number of carbonyl (C=O) groups excluding carboxylic acids is 1. The number of thioether (sulfide) groups is 1. The molecule has 28 heavy (non-hydrogen) atoms. The van der Waals surface area contributed by atoms with E-state index in [2.05, 4.69) is 29.4 Å². The summed E-state index contributed by atoms with van der Waals surface area (Å²) in [4.78, 5) is 12.7. The zero-order valence-corrected chi connectivity index (χ0v) is 17.8. The van der Waals surface area contributed by atoms with Crippen LogP contribution in [0, 0.1) is 12.8 Å². The zero-order chi connectivity index (χ0) is 20.3. The van der Waals surface area contributed by atoms with E-state index in [9.17, 15) is 4.79 Å². The van der Waals surface area contributed by atoms with E-state index in [0.717, 1.165) is 12.1 Å². The van der Waals surface area contributed by atoms with Crippen LogP contribution >= 0.6 is 23.4 Å². The highest BCUT2D eigenvalue weighted by Crippen LogP contribution is 2.29. The predicted molar refractivity (Wildman–Crippen MR) is 113 cm³/mol. The van der Waals surface area contributed by atoms with Gasteiger partial charge in [0.2, 0.25) is 5.91 Å². The van der Waals surface area contributed by atoms with Crippen molar-refractivity contribution in [3.8, 4) is 11.6 Å². The first-order valence-corrected chi connectivity index (χ1v) is 10.3. The number of nitrogens with zero attached hydrogens (tertiary/aromatic N) is 3. The number of carbonyl (C=O) groups is 1. The van der Waals surface area contributed by atoms with Gasteiger partial charge in [0.25, 0.3) is 0 Å². The van der Waals surface area contributed by atoms with Crippen molar-refractivity contribution in [3.63, 3.8) is 0 Å². The Balaban J connectivity index is 1.78. The summed E-state index contributed by atoms with van der Waals surface area (Å²) in [5, 5.41) is 12.5. The molecule has 0 radical (unpaired) electrons. The zero-order valence-electron chi connectivity index (χ0n) is 16.3. The Hall–Kier alpha value is -2.25. The second-order valence-electron chi connectivity index (χ2n) is 6.95. The molecule has 0 aliphatic carbocycles. The third kappa shape index (κ3) is 4.59. The number of rotatable bonds is 7. The molecule has 0 saturated carbocycles. The number of aromatic nitrogens is 3. The van der Waals surface area contributed by atoms with Crippen LogP contribution in [0.5, 0.6) is 0 Å². The maximum absolute atomic E-state index is 12.7. The Bertz CT molecular complexity index is 953. The summed E-state index contributed by atoms with van der Waals surface area (Å²) in [6.07, 6.45) is 1.61. The average molecular weight is 419 g/mol. The van der Waals surface area contributed by atoms with Crippen molar-refractivity contribution in [1.82, 2.24) is 14.8 Å². The SMILES string of the molecule is Cc1c(Cl)cccc1NC(=O)C(C)Sc1nnc(-c2ccco2)n1CC(C)C. The van der Waals surface area contributed by atoms with Gasteiger partial charge < -0.3 is 9.73 Å². The van der Waals surface area contributed by atoms with Gasteiger partial charge in [-0.15, -0.1) is 10.2 Å². The molecule has 0 bridgehead atoms. The Kier molecular flexibility index (Phi) is 6.46. The summed E-state index contributed by atoms with van der Waals surface area (Å²) < 4.78 is 7.49. The van der Waals surface area contributed by atoms with Crippen molar-refractivity contribution < 1.29 is 9.21 Å². The molecule has 0 aliphatic rings. The number of furan rings is 1. The van der Waals surface area contributed by atoms with Gasteiger partial charge in [0, 0.05) is 17.3 Å². The summed E-state index contributed by atoms with van der Waals surface area (Å²) in [7, 11) is 0. The first kappa shape index (κ1) is 20.5. The molecule has 0 aliphatic heterocycles. The lowest BCUT2D eigenvalue weighted by Gasteiger charge is -2.15. The Morgan fingerprint density at radius 2 is 2.04 bits per heavy atom. The van der Waals surface area contributed by atoms with Crippen LogP contribution in [0.1, 0.15) is 26.3 Å². The van der Waals surface area contributed by atoms with Gasteiger partial charge in [0.05, 0.1) is 11.5 Å². The number of hydrogen-bond acceptors (Lipinski definition) is 5. The maximum Gasteiger partial charge on any atom is 0.237 e. The van der Waals surface area contributed by atoms with Crippen molar-refractivity contribution in [2.24, 2.45) is 5.92 Å². The van der Waals surface area contributed by atoms with E-state index in [-0.39, 0.29) is 11.2 Å². The number of amides is 1. The summed E-state index contributed by atoms with van der Waals surface area (Å²) in [6.45, 7) is 8.70. The van der Waals surface area contributed by atoms with Gasteiger partial charge in [0.15, 0.2) is 16.7 Å². The van der Waals surface area contributed by atoms with Crippen LogP contribution in [0.2, 0.25) is 5.02 Å². The minimum absolute atomic E-state index is 0.117. The van der Waals surface area contributed by atoms with Crippen LogP contribution in [-0.2, 0) is 11.3 Å². The standard InChI is InChI=1S/C20H23ClN4O2S/c1-12(2)11-25-18(17-9-6-10-27-17)23-24-20(25)28-14(4)19(26)22-16-8-5-7-15(21)13(16)3/h5-10,12,14H,11H2,1-4H3,(H,22,26). The highest BCUT2D eigenvalue weighted by Gasteiger charge is 2.22. The van der Waals surface area contributed by atoms with Crippen LogP contribution in [0.15, 0.2) is 46.2 Å². The first-order chi connectivity index (χ1) is 13.4. The predicted octanol–water partition coefficient (Wildman–Crippen LogP) is 5.28. The van der Waals surface area contributed by atoms with Crippen LogP contribution in [0.25, 0.3) is 11.6 Å². The summed E-state index contributed by atoms with van der Waals surface area (Å²) in [5.74, 6) is 1.60. The van der Waals surface area contributed by atoms with Gasteiger partial charge in [0.1, 0.15) is 0 Å². The van der Waals surface area contributed by atoms with E-state index >= 15 is 0 Å². The molecule has 0 saturated heterocycles. The molecule has 148 valence electrons. The van der Waals surface area contributed by atoms with E-state index in [1.54, 1.807) is 12.3 Å². The largest absolute Gasteiger partial charge is 0.461 e. The van der Waals surface area contributed by atoms with E-state index in [4.69, 9.17) is 16.0 Å². The molecule has 0 fully saturated rings. The van der Waals surface area contributed by atoms with Gasteiger partial charge in [-0.25, -0.2) is 0 Å². The minimum Gasteiger partial charge on any atom is -0.461 e. The molecule has 1 N–H and O–H groups in total. The fourth-order valence-corrected chi connectivity index (χ4v) is 3.72. The number of nitrogens with one attached hydrogen (secondary N) is 1. The summed E-state index contributed by atoms with van der Waals surface area (Å²) >= 11 is 7.51. The van der Waals surface area contributed by atoms with Gasteiger partial charge in [-0.1, -0.05) is 43.3 Å². The van der Waals surface area contributed by atoms with Crippen molar-refractivity contribution in [1.29, 1.82) is 0 Å². The van der Waals surface area contributed by atoms with Gasteiger partial charge in [-0.05, 0) is 49.6 Å². The number of hydrogen-bond donors (Lipinski definition) is 1. The van der Waals surface area contributed by atoms with Crippen molar-refractivity contribution >= 4 is 35.0 Å². The highest BCUT2D eigenvalue weighted by molar-refractivity contribution is 8.00. The molecule has 3 rings (SSSR count). The van der Waals surface area contributed by atoms with E-state index < -0.39 is 0 Å². The van der Waals surface area contributed by atoms with Crippen molar-refractivity contribution in [3.05, 3.63) is 47.2 Å². The Morgan fingerprint density at radius 1 is 1.25 bits per heavy atom. The van der Waals surface area contributed by atoms with Gasteiger partial charge in [-0.2, -0.15) is 0 Å². The molecular weight excluding hydrogens is 396 g/mol. The first-order valence-electron chi connectivity index (χ1n) is 9.06. The maximum atomic E-state index is 12.7. The third-order valence-corrected chi connectivity index (χ3v) is 5.67. The summed E-state index contributed by atoms with van der Waals surface area (Å²) in [5.41, 5.74) is 1.56. The van der Waals surface area contributed by atoms with Crippen LogP contribution in [0.3, 0.4) is 0 Å². The lowest BCUT2D eigenvalue weighted by atomic mass is 10.2. The topological polar surface area (TPSA) is 73.0 Å². The number of halogens is 1. The Labute approximate surface area is 173 Å². The van der Waals surface area contributed by atoms with Crippen molar-refractivity contribution in [2.45, 2.75) is 44.6 Å². The van der Waals surface area contributed by atoms with E-state index in [1.807, 2.05) is 42.7 Å². The average Bonchev–Trinajstić information content (AvgIpc) is 3.29. The number of benzene rings is 1. The molecule has 1 unspecified atom stereocenters. The molecule has 2 heterocycles. The second kappa shape index (κ2) is 8.84. The third-order valence-electron chi connectivity index (χ3n) is 4.18. The second-order valence-corrected chi connectivity index (χ2v) is 8.66. The van der Waals surface area contributed by atoms with E-state index in [1.165, 1.54) is 11.8 Å². The van der Waals surface area contributed by atoms with Crippen LogP contribution < -0.4 is 5.32 Å². The summed E-state index contributed by atoms with van der Waals surface area (Å²) in [6, 6.07) is 9.13. The molecule has 6 nitrogen and oxygen atoms in total. The molecule has 1 atom stereocenters. The monoisotopic (exact) mass is 418 g/mol. The fourth-order valence-electron chi connectivity index (χ4n) is 2.68. The van der Waals surface area contributed by atoms with Crippen LogP contribution in [0.4, 0.5) is 5.69 Å². The molecule has 0 spiro atoms. The lowest BCUT2D eigenvalue weighted by Crippen LogP contribution is -2.23. The molecule has 1 aromatic carbocycles. The number of anilines is 1. The van der Waals surface area contributed by atoms with E-state index in [0.29, 0.717) is 33.4 Å². The molecule has 8 heteroatoms. The molecule has 1 amide bonds. The fraction of sp³-hybridized carbons (Fsp3) is 0.350. The van der Waals surface area contributed by atoms with Gasteiger partial charge >= 0.3 is 0 Å². The Morgan fingerprint density at radius 3 is 2.71 bits per heavy atom. The van der Waals surface area contributed by atoms with Crippen molar-refractivity contribution in [2.75, 3.05) is 5.32 Å². The highest BCUT2D eigenvalue weighted by atomic mass is 35.5. The smallest absolute Gasteiger partial charge is 0.237 e. The molecular formula is C20H23ClN4O2S. The minimum atomic E-state index is -0.363. The normalized spacial score (nSPS) is 12.4.